The Hall–Kier alpha value is -3.67. The van der Waals surface area contributed by atoms with Gasteiger partial charge in [-0.25, -0.2) is 9.59 Å². The lowest BCUT2D eigenvalue weighted by Crippen LogP contribution is -2.41. The van der Waals surface area contributed by atoms with E-state index in [0.29, 0.717) is 51.1 Å². The van der Waals surface area contributed by atoms with Crippen LogP contribution < -0.4 is 26.4 Å². The van der Waals surface area contributed by atoms with Gasteiger partial charge in [0.1, 0.15) is 11.8 Å². The number of aliphatic carboxylic acids is 1. The molecule has 2 atom stereocenters. The number of nitrogens with two attached hydrogens (primary N) is 1. The first-order chi connectivity index (χ1) is 21.6. The van der Waals surface area contributed by atoms with Crippen molar-refractivity contribution in [2.24, 2.45) is 5.73 Å². The Kier molecular flexibility index (Phi) is 21.5. The smallest absolute Gasteiger partial charge is 0.335 e. The summed E-state index contributed by atoms with van der Waals surface area (Å²) in [5.41, 5.74) is 6.12. The molecule has 45 heavy (non-hydrogen) atoms. The van der Waals surface area contributed by atoms with Gasteiger partial charge in [0.2, 0.25) is 17.7 Å². The van der Waals surface area contributed by atoms with Gasteiger partial charge in [0.05, 0.1) is 18.2 Å². The number of benzene rings is 1. The second-order valence-electron chi connectivity index (χ2n) is 11.4. The normalized spacial score (nSPS) is 12.1. The minimum Gasteiger partial charge on any atom is -0.494 e. The van der Waals surface area contributed by atoms with Gasteiger partial charge in [0.15, 0.2) is 0 Å². The van der Waals surface area contributed by atoms with E-state index in [2.05, 4.69) is 16.0 Å². The summed E-state index contributed by atoms with van der Waals surface area (Å²) in [6, 6.07) is 4.69. The lowest BCUT2D eigenvalue weighted by molar-refractivity contribution is -0.142. The van der Waals surface area contributed by atoms with Crippen molar-refractivity contribution in [1.82, 2.24) is 16.0 Å². The molecule has 0 radical (unpaired) electrons. The van der Waals surface area contributed by atoms with Gasteiger partial charge >= 0.3 is 11.9 Å². The number of hydrogen-bond acceptors (Lipinski definition) is 7. The first-order valence-corrected chi connectivity index (χ1v) is 16.4. The molecule has 12 heteroatoms. The maximum atomic E-state index is 12.3. The molecule has 0 saturated carbocycles. The van der Waals surface area contributed by atoms with Crippen molar-refractivity contribution >= 4 is 29.7 Å². The molecule has 7 N–H and O–H groups in total. The molecule has 0 fully saturated rings. The van der Waals surface area contributed by atoms with Gasteiger partial charge in [-0.2, -0.15) is 0 Å². The molecule has 0 aromatic heterocycles. The van der Waals surface area contributed by atoms with E-state index in [1.54, 1.807) is 12.1 Å². The molecule has 0 spiro atoms. The fraction of sp³-hybridized carbons (Fsp3) is 0.667. The van der Waals surface area contributed by atoms with Gasteiger partial charge in [0.25, 0.3) is 0 Å². The van der Waals surface area contributed by atoms with E-state index in [1.807, 2.05) is 6.92 Å². The fourth-order valence-electron chi connectivity index (χ4n) is 4.59. The molecule has 0 aliphatic heterocycles. The highest BCUT2D eigenvalue weighted by atomic mass is 16.5. The molecule has 1 aromatic carbocycles. The molecule has 12 nitrogen and oxygen atoms in total. The predicted octanol–water partition coefficient (Wildman–Crippen LogP) is 4.15. The third kappa shape index (κ3) is 20.1. The van der Waals surface area contributed by atoms with Crippen LogP contribution in [-0.2, 0) is 19.2 Å². The quantitative estimate of drug-likeness (QED) is 0.0770. The molecular weight excluding hydrogens is 580 g/mol. The number of rotatable bonds is 27. The summed E-state index contributed by atoms with van der Waals surface area (Å²) in [5.74, 6) is -2.23. The van der Waals surface area contributed by atoms with Gasteiger partial charge in [-0.3, -0.25) is 14.4 Å². The Labute approximate surface area is 267 Å². The van der Waals surface area contributed by atoms with Crippen molar-refractivity contribution in [1.29, 1.82) is 0 Å². The Morgan fingerprint density at radius 1 is 0.733 bits per heavy atom. The molecule has 0 aliphatic carbocycles. The van der Waals surface area contributed by atoms with Gasteiger partial charge in [-0.15, -0.1) is 0 Å². The summed E-state index contributed by atoms with van der Waals surface area (Å²) in [7, 11) is 0. The fourth-order valence-corrected chi connectivity index (χ4v) is 4.59. The summed E-state index contributed by atoms with van der Waals surface area (Å²) >= 11 is 0. The minimum atomic E-state index is -1.16. The Morgan fingerprint density at radius 3 is 1.98 bits per heavy atom. The van der Waals surface area contributed by atoms with Crippen LogP contribution in [0.15, 0.2) is 24.3 Å². The van der Waals surface area contributed by atoms with Crippen LogP contribution in [0.2, 0.25) is 0 Å². The average molecular weight is 635 g/mol. The molecule has 0 aliphatic rings. The van der Waals surface area contributed by atoms with Crippen LogP contribution >= 0.6 is 0 Å². The summed E-state index contributed by atoms with van der Waals surface area (Å²) in [5, 5.41) is 26.5. The van der Waals surface area contributed by atoms with E-state index in [9.17, 15) is 29.1 Å². The molecule has 1 rings (SSSR count). The van der Waals surface area contributed by atoms with Crippen molar-refractivity contribution in [3.63, 3.8) is 0 Å². The van der Waals surface area contributed by atoms with E-state index in [-0.39, 0.29) is 42.5 Å². The summed E-state index contributed by atoms with van der Waals surface area (Å²) in [6.07, 6.45) is 11.8. The number of carboxylic acid groups (broad SMARTS) is 2. The zero-order chi connectivity index (χ0) is 33.3. The molecular formula is C33H54N4O8. The first-order valence-electron chi connectivity index (χ1n) is 16.4. The number of ether oxygens (including phenoxy) is 1. The topological polar surface area (TPSA) is 197 Å². The van der Waals surface area contributed by atoms with Crippen LogP contribution in [-0.4, -0.2) is 71.7 Å². The largest absolute Gasteiger partial charge is 0.494 e. The van der Waals surface area contributed by atoms with Crippen molar-refractivity contribution in [2.75, 3.05) is 19.7 Å². The van der Waals surface area contributed by atoms with Crippen molar-refractivity contribution in [3.8, 4) is 5.75 Å². The lowest BCUT2D eigenvalue weighted by Gasteiger charge is -2.15. The summed E-state index contributed by atoms with van der Waals surface area (Å²) < 4.78 is 5.64. The van der Waals surface area contributed by atoms with Crippen molar-refractivity contribution in [2.45, 2.75) is 122 Å². The third-order valence-electron chi connectivity index (χ3n) is 7.39. The number of carbonyl (C=O) groups is 5. The first kappa shape index (κ1) is 39.4. The second kappa shape index (κ2) is 24.6. The van der Waals surface area contributed by atoms with E-state index in [4.69, 9.17) is 15.6 Å². The van der Waals surface area contributed by atoms with Crippen LogP contribution in [0.1, 0.15) is 120 Å². The van der Waals surface area contributed by atoms with Crippen LogP contribution in [0.25, 0.3) is 0 Å². The summed E-state index contributed by atoms with van der Waals surface area (Å²) in [4.78, 5) is 58.7. The van der Waals surface area contributed by atoms with Gasteiger partial charge < -0.3 is 36.6 Å². The van der Waals surface area contributed by atoms with Gasteiger partial charge in [-0.05, 0) is 69.2 Å². The van der Waals surface area contributed by atoms with Gasteiger partial charge in [-0.1, -0.05) is 51.9 Å². The van der Waals surface area contributed by atoms with Crippen molar-refractivity contribution in [3.05, 3.63) is 29.8 Å². The number of amides is 3. The molecule has 0 heterocycles. The van der Waals surface area contributed by atoms with Crippen LogP contribution in [0, 0.1) is 0 Å². The molecule has 1 unspecified atom stereocenters. The number of carboxylic acids is 2. The maximum absolute atomic E-state index is 12.3. The SMILES string of the molecule is CCCCNC(=O)C(N)CCCCNC(=O)CC[C@H](NC(=O)CCCCCCCCCCOc1ccc(C(=O)O)cc1)C(=O)O. The Balaban J connectivity index is 2.04. The zero-order valence-corrected chi connectivity index (χ0v) is 26.8. The highest BCUT2D eigenvalue weighted by molar-refractivity contribution is 5.87. The number of unbranched alkanes of at least 4 members (excludes halogenated alkanes) is 9. The van der Waals surface area contributed by atoms with Crippen molar-refractivity contribution < 1.29 is 38.9 Å². The zero-order valence-electron chi connectivity index (χ0n) is 26.8. The maximum Gasteiger partial charge on any atom is 0.335 e. The minimum absolute atomic E-state index is 0.0113. The van der Waals surface area contributed by atoms with Crippen LogP contribution in [0.5, 0.6) is 5.75 Å². The Morgan fingerprint density at radius 2 is 1.36 bits per heavy atom. The predicted molar refractivity (Wildman–Crippen MR) is 172 cm³/mol. The van der Waals surface area contributed by atoms with Gasteiger partial charge in [0, 0.05) is 25.9 Å². The molecule has 3 amide bonds. The van der Waals surface area contributed by atoms with E-state index >= 15 is 0 Å². The molecule has 254 valence electrons. The van der Waals surface area contributed by atoms with Crippen LogP contribution in [0.3, 0.4) is 0 Å². The van der Waals surface area contributed by atoms with E-state index in [0.717, 1.165) is 57.8 Å². The van der Waals surface area contributed by atoms with Crippen LogP contribution in [0.4, 0.5) is 0 Å². The number of hydrogen-bond donors (Lipinski definition) is 6. The monoisotopic (exact) mass is 634 g/mol. The third-order valence-corrected chi connectivity index (χ3v) is 7.39. The second-order valence-corrected chi connectivity index (χ2v) is 11.4. The average Bonchev–Trinajstić information content (AvgIpc) is 3.01. The lowest BCUT2D eigenvalue weighted by atomic mass is 10.1. The molecule has 0 bridgehead atoms. The standard InChI is InChI=1S/C33H54N4O8/c1-2-3-22-36-31(40)27(34)14-11-12-23-35-29(38)21-20-28(33(43)44)37-30(39)15-10-8-6-4-5-7-9-13-24-45-26-18-16-25(17-19-26)32(41)42/h16-19,27-28H,2-15,20-24,34H2,1H3,(H,35,38)(H,36,40)(H,37,39)(H,41,42)(H,43,44)/t27?,28-/m0/s1. The molecule has 1 aromatic rings. The number of aromatic carboxylic acids is 1. The highest BCUT2D eigenvalue weighted by Crippen LogP contribution is 2.14. The number of carbonyl (C=O) groups excluding carboxylic acids is 3. The highest BCUT2D eigenvalue weighted by Gasteiger charge is 2.21. The van der Waals surface area contributed by atoms with E-state index < -0.39 is 24.0 Å². The summed E-state index contributed by atoms with van der Waals surface area (Å²) in [6.45, 7) is 3.66. The molecule has 0 saturated heterocycles. The Bertz CT molecular complexity index is 1020. The van der Waals surface area contributed by atoms with E-state index in [1.165, 1.54) is 12.1 Å². The number of nitrogens with one attached hydrogen (secondary N) is 3.